The van der Waals surface area contributed by atoms with Crippen LogP contribution in [0.4, 0.5) is 0 Å². The number of guanidine groups is 1. The Kier molecular flexibility index (Phi) is 8.33. The van der Waals surface area contributed by atoms with E-state index >= 15 is 0 Å². The highest BCUT2D eigenvalue weighted by atomic mass is 16.5. The van der Waals surface area contributed by atoms with Gasteiger partial charge in [0.1, 0.15) is 5.76 Å². The fraction of sp³-hybridized carbons (Fsp3) is 0.524. The van der Waals surface area contributed by atoms with Gasteiger partial charge in [-0.2, -0.15) is 0 Å². The summed E-state index contributed by atoms with van der Waals surface area (Å²) in [5, 5.41) is 10.9. The molecule has 2 N–H and O–H groups in total. The van der Waals surface area contributed by atoms with Gasteiger partial charge in [0.25, 0.3) is 0 Å². The van der Waals surface area contributed by atoms with Gasteiger partial charge < -0.3 is 20.1 Å². The number of hydrogen-bond acceptors (Lipinski definition) is 4. The average molecular weight is 372 g/mol. The number of hydrogen-bond donors (Lipinski definition) is 2. The molecule has 0 aliphatic rings. The van der Waals surface area contributed by atoms with Gasteiger partial charge in [-0.05, 0) is 38.6 Å². The van der Waals surface area contributed by atoms with E-state index in [0.717, 1.165) is 48.9 Å². The molecule has 2 aromatic rings. The van der Waals surface area contributed by atoms with Crippen molar-refractivity contribution in [3.63, 3.8) is 0 Å². The van der Waals surface area contributed by atoms with Gasteiger partial charge in [-0.25, -0.2) is 4.99 Å². The van der Waals surface area contributed by atoms with Gasteiger partial charge in [-0.1, -0.05) is 43.3 Å². The van der Waals surface area contributed by atoms with E-state index in [1.807, 2.05) is 0 Å². The topological polar surface area (TPSA) is 65.7 Å². The third kappa shape index (κ3) is 6.40. The number of aromatic nitrogens is 1. The second kappa shape index (κ2) is 10.7. The van der Waals surface area contributed by atoms with Crippen LogP contribution >= 0.6 is 0 Å². The number of benzene rings is 1. The Morgan fingerprint density at radius 3 is 2.56 bits per heavy atom. The van der Waals surface area contributed by atoms with Gasteiger partial charge in [0.05, 0.1) is 12.2 Å². The maximum absolute atomic E-state index is 5.45. The summed E-state index contributed by atoms with van der Waals surface area (Å²) in [6.07, 6.45) is 1.71. The highest BCUT2D eigenvalue weighted by Crippen LogP contribution is 2.15. The standard InChI is InChI=1S/C21H33N5O/c1-6-19-18(20(7-2)27-25-19)14-24-21(22-8-3)23-13-16-10-9-11-17(12-16)15-26(4)5/h9-12H,6-8,13-15H2,1-5H3,(H2,22,23,24). The summed E-state index contributed by atoms with van der Waals surface area (Å²) in [6.45, 7) is 9.32. The molecular formula is C21H33N5O. The molecule has 1 heterocycles. The number of nitrogens with zero attached hydrogens (tertiary/aromatic N) is 3. The van der Waals surface area contributed by atoms with E-state index in [9.17, 15) is 0 Å². The molecule has 148 valence electrons. The normalized spacial score (nSPS) is 11.9. The van der Waals surface area contributed by atoms with Crippen LogP contribution in [0.2, 0.25) is 0 Å². The molecule has 1 aromatic carbocycles. The third-order valence-corrected chi connectivity index (χ3v) is 4.29. The largest absolute Gasteiger partial charge is 0.361 e. The first-order valence-electron chi connectivity index (χ1n) is 9.78. The second-order valence-electron chi connectivity index (χ2n) is 6.84. The van der Waals surface area contributed by atoms with Crippen molar-refractivity contribution in [2.75, 3.05) is 20.6 Å². The zero-order valence-electron chi connectivity index (χ0n) is 17.3. The Labute approximate surface area is 163 Å². The smallest absolute Gasteiger partial charge is 0.191 e. The number of nitrogens with one attached hydrogen (secondary N) is 2. The van der Waals surface area contributed by atoms with Crippen LogP contribution in [-0.4, -0.2) is 36.7 Å². The summed E-state index contributed by atoms with van der Waals surface area (Å²) in [6, 6.07) is 8.59. The maximum Gasteiger partial charge on any atom is 0.191 e. The molecule has 0 unspecified atom stereocenters. The van der Waals surface area contributed by atoms with Crippen LogP contribution in [0.5, 0.6) is 0 Å². The average Bonchev–Trinajstić information content (AvgIpc) is 3.05. The fourth-order valence-electron chi connectivity index (χ4n) is 3.01. The molecule has 0 atom stereocenters. The number of aliphatic imine (C=N–C) groups is 1. The van der Waals surface area contributed by atoms with E-state index in [1.54, 1.807) is 0 Å². The predicted molar refractivity (Wildman–Crippen MR) is 111 cm³/mol. The highest BCUT2D eigenvalue weighted by molar-refractivity contribution is 5.79. The van der Waals surface area contributed by atoms with E-state index < -0.39 is 0 Å². The maximum atomic E-state index is 5.45. The van der Waals surface area contributed by atoms with Crippen molar-refractivity contribution in [3.05, 3.63) is 52.4 Å². The fourth-order valence-corrected chi connectivity index (χ4v) is 3.01. The van der Waals surface area contributed by atoms with Crippen LogP contribution < -0.4 is 10.6 Å². The van der Waals surface area contributed by atoms with Crippen molar-refractivity contribution in [3.8, 4) is 0 Å². The molecule has 0 saturated carbocycles. The Balaban J connectivity index is 2.05. The van der Waals surface area contributed by atoms with Crippen LogP contribution in [0.15, 0.2) is 33.8 Å². The first kappa shape index (κ1) is 21.0. The SMILES string of the molecule is CCNC(=NCc1cccc(CN(C)C)c1)NCc1c(CC)noc1CC. The van der Waals surface area contributed by atoms with Gasteiger partial charge in [-0.3, -0.25) is 0 Å². The van der Waals surface area contributed by atoms with Crippen molar-refractivity contribution < 1.29 is 4.52 Å². The van der Waals surface area contributed by atoms with Gasteiger partial charge in [0.15, 0.2) is 5.96 Å². The third-order valence-electron chi connectivity index (χ3n) is 4.29. The van der Waals surface area contributed by atoms with Crippen LogP contribution in [0.1, 0.15) is 48.9 Å². The molecule has 0 saturated heterocycles. The van der Waals surface area contributed by atoms with Crippen LogP contribution in [0.3, 0.4) is 0 Å². The van der Waals surface area contributed by atoms with E-state index in [2.05, 4.69) is 79.8 Å². The summed E-state index contributed by atoms with van der Waals surface area (Å²) in [5.74, 6) is 1.76. The summed E-state index contributed by atoms with van der Waals surface area (Å²) < 4.78 is 5.45. The first-order valence-corrected chi connectivity index (χ1v) is 9.78. The highest BCUT2D eigenvalue weighted by Gasteiger charge is 2.13. The minimum absolute atomic E-state index is 0.640. The monoisotopic (exact) mass is 371 g/mol. The van der Waals surface area contributed by atoms with Crippen LogP contribution in [0, 0.1) is 0 Å². The summed E-state index contributed by atoms with van der Waals surface area (Å²) in [5.41, 5.74) is 4.68. The lowest BCUT2D eigenvalue weighted by Crippen LogP contribution is -2.37. The zero-order valence-corrected chi connectivity index (χ0v) is 17.3. The summed E-state index contributed by atoms with van der Waals surface area (Å²) >= 11 is 0. The van der Waals surface area contributed by atoms with Crippen LogP contribution in [0.25, 0.3) is 0 Å². The van der Waals surface area contributed by atoms with Gasteiger partial charge in [0.2, 0.25) is 0 Å². The van der Waals surface area contributed by atoms with E-state index in [4.69, 9.17) is 9.52 Å². The minimum atomic E-state index is 0.640. The number of rotatable bonds is 9. The lowest BCUT2D eigenvalue weighted by Gasteiger charge is -2.13. The summed E-state index contributed by atoms with van der Waals surface area (Å²) in [7, 11) is 4.16. The number of aryl methyl sites for hydroxylation is 2. The van der Waals surface area contributed by atoms with Crippen molar-refractivity contribution in [2.24, 2.45) is 4.99 Å². The second-order valence-corrected chi connectivity index (χ2v) is 6.84. The van der Waals surface area contributed by atoms with Crippen LogP contribution in [-0.2, 0) is 32.5 Å². The minimum Gasteiger partial charge on any atom is -0.361 e. The first-order chi connectivity index (χ1) is 13.1. The molecular weight excluding hydrogens is 338 g/mol. The van der Waals surface area contributed by atoms with E-state index in [0.29, 0.717) is 13.1 Å². The van der Waals surface area contributed by atoms with Crippen molar-refractivity contribution >= 4 is 5.96 Å². The lowest BCUT2D eigenvalue weighted by atomic mass is 10.1. The molecule has 0 spiro atoms. The van der Waals surface area contributed by atoms with Gasteiger partial charge in [-0.15, -0.1) is 0 Å². The summed E-state index contributed by atoms with van der Waals surface area (Å²) in [4.78, 5) is 6.91. The quantitative estimate of drug-likeness (QED) is 0.524. The molecule has 2 rings (SSSR count). The molecule has 1 aromatic heterocycles. The van der Waals surface area contributed by atoms with Crippen molar-refractivity contribution in [1.29, 1.82) is 0 Å². The Morgan fingerprint density at radius 2 is 1.89 bits per heavy atom. The van der Waals surface area contributed by atoms with Gasteiger partial charge >= 0.3 is 0 Å². The van der Waals surface area contributed by atoms with E-state index in [1.165, 1.54) is 11.1 Å². The van der Waals surface area contributed by atoms with E-state index in [-0.39, 0.29) is 0 Å². The molecule has 0 amide bonds. The molecule has 0 fully saturated rings. The van der Waals surface area contributed by atoms with Gasteiger partial charge in [0, 0.05) is 31.6 Å². The molecule has 6 heteroatoms. The van der Waals surface area contributed by atoms with Crippen molar-refractivity contribution in [2.45, 2.75) is 53.2 Å². The lowest BCUT2D eigenvalue weighted by molar-refractivity contribution is 0.380. The molecule has 27 heavy (non-hydrogen) atoms. The Morgan fingerprint density at radius 1 is 1.11 bits per heavy atom. The molecule has 0 radical (unpaired) electrons. The Bertz CT molecular complexity index is 714. The zero-order chi connectivity index (χ0) is 19.6. The molecule has 0 aliphatic heterocycles. The Hall–Kier alpha value is -2.34. The van der Waals surface area contributed by atoms with Crippen molar-refractivity contribution in [1.82, 2.24) is 20.7 Å². The predicted octanol–water partition coefficient (Wildman–Crippen LogP) is 3.12. The molecule has 6 nitrogen and oxygen atoms in total. The molecule has 0 bridgehead atoms. The molecule has 0 aliphatic carbocycles.